The quantitative estimate of drug-likeness (QED) is 0.553. The average Bonchev–Trinajstić information content (AvgIpc) is 3.21. The summed E-state index contributed by atoms with van der Waals surface area (Å²) < 4.78 is 19.1. The lowest BCUT2D eigenvalue weighted by molar-refractivity contribution is 0.0585. The molecule has 7 heteroatoms. The number of carbonyl (C=O) groups excluding carboxylic acids is 1. The minimum absolute atomic E-state index is 0.0744. The van der Waals surface area contributed by atoms with E-state index in [9.17, 15) is 9.18 Å². The van der Waals surface area contributed by atoms with Crippen molar-refractivity contribution in [3.05, 3.63) is 70.8 Å². The molecule has 0 atom stereocenters. The lowest BCUT2D eigenvalue weighted by Gasteiger charge is -2.33. The van der Waals surface area contributed by atoms with Gasteiger partial charge in [-0.15, -0.1) is 0 Å². The molecule has 1 amide bonds. The zero-order valence-corrected chi connectivity index (χ0v) is 16.6. The van der Waals surface area contributed by atoms with Crippen molar-refractivity contribution in [2.45, 2.75) is 44.7 Å². The van der Waals surface area contributed by atoms with E-state index < -0.39 is 5.82 Å². The van der Waals surface area contributed by atoms with Crippen LogP contribution in [-0.2, 0) is 6.54 Å². The van der Waals surface area contributed by atoms with Gasteiger partial charge in [-0.05, 0) is 55.3 Å². The lowest BCUT2D eigenvalue weighted by Crippen LogP contribution is -2.41. The molecule has 1 aliphatic rings. The maximum Gasteiger partial charge on any atom is 0.254 e. The summed E-state index contributed by atoms with van der Waals surface area (Å²) in [4.78, 5) is 19.4. The summed E-state index contributed by atoms with van der Waals surface area (Å²) in [5.74, 6) is 0.147. The maximum absolute atomic E-state index is 13.7. The molecule has 1 aliphatic carbocycles. The molecule has 29 heavy (non-hydrogen) atoms. The van der Waals surface area contributed by atoms with E-state index in [1.807, 2.05) is 12.1 Å². The zero-order chi connectivity index (χ0) is 20.2. The minimum atomic E-state index is -0.428. The van der Waals surface area contributed by atoms with Gasteiger partial charge < -0.3 is 9.42 Å². The van der Waals surface area contributed by atoms with Gasteiger partial charge in [0, 0.05) is 22.2 Å². The first kappa shape index (κ1) is 19.6. The van der Waals surface area contributed by atoms with Crippen LogP contribution in [-0.4, -0.2) is 27.0 Å². The molecule has 1 fully saturated rings. The molecule has 0 radical (unpaired) electrons. The first-order chi connectivity index (χ1) is 14.1. The van der Waals surface area contributed by atoms with Gasteiger partial charge in [0.05, 0.1) is 0 Å². The highest BCUT2D eigenvalue weighted by molar-refractivity contribution is 6.30. The van der Waals surface area contributed by atoms with E-state index >= 15 is 0 Å². The molecule has 4 rings (SSSR count). The Labute approximate surface area is 173 Å². The Morgan fingerprint density at radius 3 is 2.62 bits per heavy atom. The molecule has 0 N–H and O–H groups in total. The third kappa shape index (κ3) is 4.65. The van der Waals surface area contributed by atoms with Gasteiger partial charge in [-0.25, -0.2) is 4.39 Å². The fourth-order valence-corrected chi connectivity index (χ4v) is 3.85. The van der Waals surface area contributed by atoms with Gasteiger partial charge in [-0.1, -0.05) is 42.1 Å². The second-order valence-electron chi connectivity index (χ2n) is 7.25. The highest BCUT2D eigenvalue weighted by atomic mass is 35.5. The smallest absolute Gasteiger partial charge is 0.254 e. The number of aromatic nitrogens is 2. The van der Waals surface area contributed by atoms with Crippen LogP contribution in [0.5, 0.6) is 0 Å². The topological polar surface area (TPSA) is 59.2 Å². The number of hydrogen-bond donors (Lipinski definition) is 0. The summed E-state index contributed by atoms with van der Waals surface area (Å²) in [5, 5.41) is 4.66. The van der Waals surface area contributed by atoms with Crippen LogP contribution in [0.15, 0.2) is 53.1 Å². The van der Waals surface area contributed by atoms with Crippen molar-refractivity contribution in [1.29, 1.82) is 0 Å². The molecule has 150 valence electrons. The van der Waals surface area contributed by atoms with Crippen molar-refractivity contribution < 1.29 is 13.7 Å². The van der Waals surface area contributed by atoms with E-state index in [4.69, 9.17) is 16.1 Å². The van der Waals surface area contributed by atoms with E-state index in [1.165, 1.54) is 18.6 Å². The molecule has 1 aromatic heterocycles. The zero-order valence-electron chi connectivity index (χ0n) is 15.9. The lowest BCUT2D eigenvalue weighted by atomic mass is 9.93. The molecule has 0 saturated heterocycles. The second-order valence-corrected chi connectivity index (χ2v) is 7.69. The molecule has 3 aromatic rings. The highest BCUT2D eigenvalue weighted by Crippen LogP contribution is 2.26. The first-order valence-corrected chi connectivity index (χ1v) is 10.1. The van der Waals surface area contributed by atoms with Crippen LogP contribution in [0.4, 0.5) is 4.39 Å². The van der Waals surface area contributed by atoms with Crippen molar-refractivity contribution in [2.75, 3.05) is 0 Å². The Morgan fingerprint density at radius 1 is 1.14 bits per heavy atom. The number of nitrogens with zero attached hydrogens (tertiary/aromatic N) is 3. The van der Waals surface area contributed by atoms with Gasteiger partial charge in [0.1, 0.15) is 12.4 Å². The Morgan fingerprint density at radius 2 is 1.90 bits per heavy atom. The molecule has 0 aliphatic heterocycles. The number of hydrogen-bond acceptors (Lipinski definition) is 4. The molecular formula is C22H21ClFN3O2. The van der Waals surface area contributed by atoms with Crippen molar-refractivity contribution in [3.8, 4) is 11.4 Å². The van der Waals surface area contributed by atoms with Crippen molar-refractivity contribution in [3.63, 3.8) is 0 Å². The summed E-state index contributed by atoms with van der Waals surface area (Å²) in [5.41, 5.74) is 1.11. The van der Waals surface area contributed by atoms with Gasteiger partial charge in [0.25, 0.3) is 5.91 Å². The summed E-state index contributed by atoms with van der Waals surface area (Å²) in [6, 6.07) is 13.0. The summed E-state index contributed by atoms with van der Waals surface area (Å²) in [7, 11) is 0. The fourth-order valence-electron chi connectivity index (χ4n) is 3.73. The average molecular weight is 414 g/mol. The second kappa shape index (κ2) is 8.74. The van der Waals surface area contributed by atoms with E-state index in [2.05, 4.69) is 10.1 Å². The number of amides is 1. The number of rotatable bonds is 5. The maximum atomic E-state index is 13.7. The Kier molecular flexibility index (Phi) is 5.90. The number of carbonyl (C=O) groups is 1. The monoisotopic (exact) mass is 413 g/mol. The van der Waals surface area contributed by atoms with Gasteiger partial charge >= 0.3 is 0 Å². The standard InChI is InChI=1S/C22H21ClFN3O2/c23-17-11-9-15(10-12-17)21-25-20(29-26-21)14-27(19-7-2-1-3-8-19)22(28)16-5-4-6-18(24)13-16/h4-6,9-13,19H,1-3,7-8,14H2. The molecule has 0 unspecified atom stereocenters. The Balaban J connectivity index is 1.58. The van der Waals surface area contributed by atoms with Crippen LogP contribution in [0.3, 0.4) is 0 Å². The molecule has 1 heterocycles. The predicted molar refractivity (Wildman–Crippen MR) is 108 cm³/mol. The van der Waals surface area contributed by atoms with Crippen molar-refractivity contribution >= 4 is 17.5 Å². The normalized spacial score (nSPS) is 14.7. The van der Waals surface area contributed by atoms with Crippen LogP contribution in [0.2, 0.25) is 5.02 Å². The van der Waals surface area contributed by atoms with Crippen molar-refractivity contribution in [1.82, 2.24) is 15.0 Å². The van der Waals surface area contributed by atoms with Gasteiger partial charge in [0.15, 0.2) is 0 Å². The Hall–Kier alpha value is -2.73. The molecule has 5 nitrogen and oxygen atoms in total. The molecule has 0 bridgehead atoms. The third-order valence-corrected chi connectivity index (χ3v) is 5.48. The largest absolute Gasteiger partial charge is 0.337 e. The molecular weight excluding hydrogens is 393 g/mol. The third-order valence-electron chi connectivity index (χ3n) is 5.22. The van der Waals surface area contributed by atoms with Crippen LogP contribution < -0.4 is 0 Å². The highest BCUT2D eigenvalue weighted by Gasteiger charge is 2.28. The molecule has 0 spiro atoms. The first-order valence-electron chi connectivity index (χ1n) is 9.75. The summed E-state index contributed by atoms with van der Waals surface area (Å²) >= 11 is 5.93. The number of halogens is 2. The van der Waals surface area contributed by atoms with Crippen LogP contribution in [0.25, 0.3) is 11.4 Å². The van der Waals surface area contributed by atoms with E-state index in [1.54, 1.807) is 29.2 Å². The van der Waals surface area contributed by atoms with Gasteiger partial charge in [-0.3, -0.25) is 4.79 Å². The SMILES string of the molecule is O=C(c1cccc(F)c1)N(Cc1nc(-c2ccc(Cl)cc2)no1)C1CCCCC1. The van der Waals surface area contributed by atoms with Crippen LogP contribution >= 0.6 is 11.6 Å². The van der Waals surface area contributed by atoms with E-state index in [-0.39, 0.29) is 18.5 Å². The van der Waals surface area contributed by atoms with Gasteiger partial charge in [0.2, 0.25) is 11.7 Å². The van der Waals surface area contributed by atoms with Gasteiger partial charge in [-0.2, -0.15) is 4.98 Å². The molecule has 1 saturated carbocycles. The van der Waals surface area contributed by atoms with E-state index in [0.717, 1.165) is 31.2 Å². The van der Waals surface area contributed by atoms with Crippen molar-refractivity contribution in [2.24, 2.45) is 0 Å². The van der Waals surface area contributed by atoms with E-state index in [0.29, 0.717) is 22.3 Å². The van der Waals surface area contributed by atoms with Crippen LogP contribution in [0, 0.1) is 5.82 Å². The Bertz CT molecular complexity index is 984. The summed E-state index contributed by atoms with van der Waals surface area (Å²) in [6.07, 6.45) is 5.13. The predicted octanol–water partition coefficient (Wildman–Crippen LogP) is 5.50. The van der Waals surface area contributed by atoms with Crippen LogP contribution in [0.1, 0.15) is 48.4 Å². The minimum Gasteiger partial charge on any atom is -0.337 e. The molecule has 2 aromatic carbocycles. The summed E-state index contributed by atoms with van der Waals surface area (Å²) in [6.45, 7) is 0.195. The number of benzene rings is 2. The fraction of sp³-hybridized carbons (Fsp3) is 0.318.